The van der Waals surface area contributed by atoms with Gasteiger partial charge in [0, 0.05) is 19.7 Å². The molecule has 1 aromatic rings. The van der Waals surface area contributed by atoms with E-state index in [4.69, 9.17) is 10.5 Å². The normalized spacial score (nSPS) is 12.7. The van der Waals surface area contributed by atoms with Gasteiger partial charge in [0.25, 0.3) is 0 Å². The quantitative estimate of drug-likeness (QED) is 0.610. The van der Waals surface area contributed by atoms with Gasteiger partial charge in [0.1, 0.15) is 0 Å². The number of benzene rings is 1. The minimum absolute atomic E-state index is 0. The first-order valence-corrected chi connectivity index (χ1v) is 6.90. The van der Waals surface area contributed by atoms with Gasteiger partial charge >= 0.3 is 0 Å². The maximum Gasteiger partial charge on any atom is 0.239 e. The molecular formula is C15H24ClN3O3. The van der Waals surface area contributed by atoms with Gasteiger partial charge in [-0.15, -0.1) is 12.4 Å². The van der Waals surface area contributed by atoms with Crippen LogP contribution in [-0.4, -0.2) is 38.6 Å². The van der Waals surface area contributed by atoms with Crippen molar-refractivity contribution in [1.29, 1.82) is 0 Å². The second-order valence-electron chi connectivity index (χ2n) is 4.79. The van der Waals surface area contributed by atoms with E-state index in [1.807, 2.05) is 30.3 Å². The van der Waals surface area contributed by atoms with Crippen LogP contribution in [0.25, 0.3) is 0 Å². The second-order valence-corrected chi connectivity index (χ2v) is 4.79. The molecule has 0 saturated carbocycles. The van der Waals surface area contributed by atoms with Crippen molar-refractivity contribution in [3.63, 3.8) is 0 Å². The van der Waals surface area contributed by atoms with Crippen molar-refractivity contribution in [1.82, 2.24) is 10.6 Å². The minimum atomic E-state index is -0.417. The SMILES string of the molecule is COCCNC(=O)CNC(=O)C(C)C(N)c1ccccc1.Cl. The summed E-state index contributed by atoms with van der Waals surface area (Å²) in [7, 11) is 1.56. The van der Waals surface area contributed by atoms with Crippen molar-refractivity contribution in [3.05, 3.63) is 35.9 Å². The van der Waals surface area contributed by atoms with Crippen molar-refractivity contribution < 1.29 is 14.3 Å². The van der Waals surface area contributed by atoms with Crippen LogP contribution in [0.3, 0.4) is 0 Å². The van der Waals surface area contributed by atoms with Gasteiger partial charge in [0.15, 0.2) is 0 Å². The molecule has 0 fully saturated rings. The number of methoxy groups -OCH3 is 1. The van der Waals surface area contributed by atoms with E-state index in [0.29, 0.717) is 13.2 Å². The topological polar surface area (TPSA) is 93.5 Å². The van der Waals surface area contributed by atoms with E-state index in [9.17, 15) is 9.59 Å². The molecule has 0 aromatic heterocycles. The highest BCUT2D eigenvalue weighted by Gasteiger charge is 2.22. The van der Waals surface area contributed by atoms with Crippen LogP contribution in [0.5, 0.6) is 0 Å². The summed E-state index contributed by atoms with van der Waals surface area (Å²) in [4.78, 5) is 23.5. The summed E-state index contributed by atoms with van der Waals surface area (Å²) < 4.78 is 4.82. The minimum Gasteiger partial charge on any atom is -0.383 e. The third-order valence-electron chi connectivity index (χ3n) is 3.19. The first kappa shape index (κ1) is 20.4. The van der Waals surface area contributed by atoms with Crippen LogP contribution in [0.1, 0.15) is 18.5 Å². The fourth-order valence-corrected chi connectivity index (χ4v) is 1.81. The molecule has 124 valence electrons. The Morgan fingerprint density at radius 3 is 2.45 bits per heavy atom. The predicted molar refractivity (Wildman–Crippen MR) is 87.7 cm³/mol. The van der Waals surface area contributed by atoms with Crippen LogP contribution in [0.15, 0.2) is 30.3 Å². The van der Waals surface area contributed by atoms with Gasteiger partial charge in [-0.1, -0.05) is 37.3 Å². The Balaban J connectivity index is 0.00000441. The Labute approximate surface area is 137 Å². The number of carbonyl (C=O) groups is 2. The number of hydrogen-bond acceptors (Lipinski definition) is 4. The van der Waals surface area contributed by atoms with Crippen LogP contribution in [-0.2, 0) is 14.3 Å². The standard InChI is InChI=1S/C15H23N3O3.ClH/c1-11(14(16)12-6-4-3-5-7-12)15(20)18-10-13(19)17-8-9-21-2;/h3-7,11,14H,8-10,16H2,1-2H3,(H,17,19)(H,18,20);1H. The van der Waals surface area contributed by atoms with Crippen LogP contribution in [0, 0.1) is 5.92 Å². The maximum absolute atomic E-state index is 12.0. The molecule has 0 spiro atoms. The molecule has 0 aliphatic heterocycles. The average Bonchev–Trinajstić information content (AvgIpc) is 2.52. The summed E-state index contributed by atoms with van der Waals surface area (Å²) in [6.07, 6.45) is 0. The van der Waals surface area contributed by atoms with Crippen molar-refractivity contribution in [3.8, 4) is 0 Å². The van der Waals surface area contributed by atoms with Gasteiger partial charge in [-0.3, -0.25) is 9.59 Å². The molecule has 1 rings (SSSR count). The first-order chi connectivity index (χ1) is 10.1. The van der Waals surface area contributed by atoms with Crippen LogP contribution in [0.2, 0.25) is 0 Å². The van der Waals surface area contributed by atoms with E-state index < -0.39 is 12.0 Å². The maximum atomic E-state index is 12.0. The lowest BCUT2D eigenvalue weighted by atomic mass is 9.95. The Morgan fingerprint density at radius 2 is 1.86 bits per heavy atom. The highest BCUT2D eigenvalue weighted by molar-refractivity contribution is 5.86. The van der Waals surface area contributed by atoms with E-state index in [2.05, 4.69) is 10.6 Å². The molecule has 4 N–H and O–H groups in total. The van der Waals surface area contributed by atoms with E-state index in [0.717, 1.165) is 5.56 Å². The highest BCUT2D eigenvalue weighted by atomic mass is 35.5. The molecule has 0 bridgehead atoms. The van der Waals surface area contributed by atoms with Crippen molar-refractivity contribution >= 4 is 24.2 Å². The third-order valence-corrected chi connectivity index (χ3v) is 3.19. The summed E-state index contributed by atoms with van der Waals surface area (Å²) >= 11 is 0. The fourth-order valence-electron chi connectivity index (χ4n) is 1.81. The largest absolute Gasteiger partial charge is 0.383 e. The van der Waals surface area contributed by atoms with E-state index in [-0.39, 0.29) is 30.8 Å². The first-order valence-electron chi connectivity index (χ1n) is 6.90. The van der Waals surface area contributed by atoms with Gasteiger partial charge < -0.3 is 21.1 Å². The molecule has 6 nitrogen and oxygen atoms in total. The molecule has 0 aliphatic carbocycles. The smallest absolute Gasteiger partial charge is 0.239 e. The van der Waals surface area contributed by atoms with Gasteiger partial charge in [-0.2, -0.15) is 0 Å². The lowest BCUT2D eigenvalue weighted by Crippen LogP contribution is -2.42. The molecule has 0 heterocycles. The lowest BCUT2D eigenvalue weighted by molar-refractivity contribution is -0.128. The molecular weight excluding hydrogens is 306 g/mol. The number of ether oxygens (including phenoxy) is 1. The summed E-state index contributed by atoms with van der Waals surface area (Å²) in [6.45, 7) is 2.55. The fraction of sp³-hybridized carbons (Fsp3) is 0.467. The van der Waals surface area contributed by atoms with Crippen LogP contribution < -0.4 is 16.4 Å². The van der Waals surface area contributed by atoms with Gasteiger partial charge in [0.2, 0.25) is 11.8 Å². The van der Waals surface area contributed by atoms with E-state index in [1.165, 1.54) is 0 Å². The lowest BCUT2D eigenvalue weighted by Gasteiger charge is -2.19. The Kier molecular flexibility index (Phi) is 10.2. The summed E-state index contributed by atoms with van der Waals surface area (Å²) in [5, 5.41) is 5.22. The molecule has 1 aromatic carbocycles. The molecule has 2 atom stereocenters. The van der Waals surface area contributed by atoms with E-state index >= 15 is 0 Å². The Morgan fingerprint density at radius 1 is 1.23 bits per heavy atom. The zero-order chi connectivity index (χ0) is 15.7. The molecule has 7 heteroatoms. The summed E-state index contributed by atoms with van der Waals surface area (Å²) in [5.41, 5.74) is 6.96. The number of nitrogens with one attached hydrogen (secondary N) is 2. The van der Waals surface area contributed by atoms with Crippen LogP contribution in [0.4, 0.5) is 0 Å². The zero-order valence-electron chi connectivity index (χ0n) is 12.9. The van der Waals surface area contributed by atoms with Gasteiger partial charge in [0.05, 0.1) is 19.1 Å². The number of amides is 2. The Hall–Kier alpha value is -1.63. The van der Waals surface area contributed by atoms with Gasteiger partial charge in [-0.25, -0.2) is 0 Å². The van der Waals surface area contributed by atoms with Crippen molar-refractivity contribution in [2.75, 3.05) is 26.8 Å². The molecule has 0 aliphatic rings. The van der Waals surface area contributed by atoms with Crippen LogP contribution >= 0.6 is 12.4 Å². The van der Waals surface area contributed by atoms with Crippen molar-refractivity contribution in [2.45, 2.75) is 13.0 Å². The number of rotatable bonds is 8. The third kappa shape index (κ3) is 6.89. The molecule has 22 heavy (non-hydrogen) atoms. The zero-order valence-corrected chi connectivity index (χ0v) is 13.7. The number of nitrogens with two attached hydrogens (primary N) is 1. The number of hydrogen-bond donors (Lipinski definition) is 3. The molecule has 2 unspecified atom stereocenters. The molecule has 2 amide bonds. The summed E-state index contributed by atoms with van der Waals surface area (Å²) in [5.74, 6) is -0.909. The van der Waals surface area contributed by atoms with Gasteiger partial charge in [-0.05, 0) is 5.56 Å². The number of carbonyl (C=O) groups excluding carboxylic acids is 2. The number of halogens is 1. The Bertz CT molecular complexity index is 457. The molecule has 0 radical (unpaired) electrons. The van der Waals surface area contributed by atoms with E-state index in [1.54, 1.807) is 14.0 Å². The predicted octanol–water partition coefficient (Wildman–Crippen LogP) is 0.623. The monoisotopic (exact) mass is 329 g/mol. The average molecular weight is 330 g/mol. The molecule has 0 saturated heterocycles. The second kappa shape index (κ2) is 11.0. The highest BCUT2D eigenvalue weighted by Crippen LogP contribution is 2.18. The summed E-state index contributed by atoms with van der Waals surface area (Å²) in [6, 6.07) is 9.01. The van der Waals surface area contributed by atoms with Crippen molar-refractivity contribution in [2.24, 2.45) is 11.7 Å².